The number of para-hydroxylation sites is 1. The minimum atomic E-state index is -3.77. The van der Waals surface area contributed by atoms with Crippen molar-refractivity contribution >= 4 is 32.8 Å². The van der Waals surface area contributed by atoms with Gasteiger partial charge in [-0.25, -0.2) is 12.8 Å². The summed E-state index contributed by atoms with van der Waals surface area (Å²) in [6, 6.07) is 13.8. The predicted octanol–water partition coefficient (Wildman–Crippen LogP) is 1.99. The van der Waals surface area contributed by atoms with Crippen LogP contribution < -0.4 is 0 Å². The van der Waals surface area contributed by atoms with Gasteiger partial charge in [0.15, 0.2) is 6.61 Å². The average Bonchev–Trinajstić information content (AvgIpc) is 2.83. The molecule has 2 heterocycles. The highest BCUT2D eigenvalue weighted by molar-refractivity contribution is 7.89. The third-order valence-electron chi connectivity index (χ3n) is 5.45. The van der Waals surface area contributed by atoms with Crippen LogP contribution in [0.5, 0.6) is 0 Å². The Morgan fingerprint density at radius 1 is 0.970 bits per heavy atom. The summed E-state index contributed by atoms with van der Waals surface area (Å²) in [6.07, 6.45) is 1.64. The highest BCUT2D eigenvalue weighted by atomic mass is 32.2. The number of carbonyl (C=O) groups is 2. The van der Waals surface area contributed by atoms with E-state index in [1.54, 1.807) is 12.3 Å². The second kappa shape index (κ2) is 9.63. The molecule has 0 bridgehead atoms. The normalized spacial score (nSPS) is 14.9. The molecule has 0 unspecified atom stereocenters. The van der Waals surface area contributed by atoms with E-state index >= 15 is 0 Å². The Morgan fingerprint density at radius 3 is 2.39 bits per heavy atom. The predicted molar refractivity (Wildman–Crippen MR) is 118 cm³/mol. The van der Waals surface area contributed by atoms with Crippen molar-refractivity contribution < 1.29 is 27.1 Å². The summed E-state index contributed by atoms with van der Waals surface area (Å²) >= 11 is 0. The first-order chi connectivity index (χ1) is 15.8. The van der Waals surface area contributed by atoms with Gasteiger partial charge in [-0.1, -0.05) is 24.3 Å². The molecule has 1 aromatic heterocycles. The third kappa shape index (κ3) is 5.18. The molecule has 4 rings (SSSR count). The van der Waals surface area contributed by atoms with Crippen LogP contribution in [0.2, 0.25) is 0 Å². The van der Waals surface area contributed by atoms with Gasteiger partial charge in [-0.3, -0.25) is 14.6 Å². The molecule has 0 saturated carbocycles. The first-order valence-electron chi connectivity index (χ1n) is 10.4. The fraction of sp³-hybridized carbons (Fsp3) is 0.261. The van der Waals surface area contributed by atoms with Crippen LogP contribution in [-0.2, 0) is 30.8 Å². The number of aromatic nitrogens is 1. The van der Waals surface area contributed by atoms with E-state index in [1.807, 2.05) is 24.3 Å². The molecule has 0 spiro atoms. The Bertz CT molecular complexity index is 1270. The maximum absolute atomic E-state index is 13.1. The lowest BCUT2D eigenvalue weighted by molar-refractivity contribution is -0.151. The number of carbonyl (C=O) groups excluding carboxylic acids is 2. The number of nitrogens with zero attached hydrogens (tertiary/aromatic N) is 3. The molecule has 172 valence electrons. The number of rotatable bonds is 6. The van der Waals surface area contributed by atoms with Gasteiger partial charge in [0.05, 0.1) is 16.8 Å². The zero-order chi connectivity index (χ0) is 23.4. The van der Waals surface area contributed by atoms with Crippen LogP contribution in [0, 0.1) is 5.82 Å². The molecule has 0 radical (unpaired) electrons. The fourth-order valence-electron chi connectivity index (χ4n) is 3.68. The zero-order valence-electron chi connectivity index (χ0n) is 17.7. The topological polar surface area (TPSA) is 96.9 Å². The lowest BCUT2D eigenvalue weighted by Crippen LogP contribution is -2.51. The molecule has 8 nitrogen and oxygen atoms in total. The van der Waals surface area contributed by atoms with Crippen LogP contribution >= 0.6 is 0 Å². The van der Waals surface area contributed by atoms with E-state index in [0.29, 0.717) is 11.1 Å². The Morgan fingerprint density at radius 2 is 1.67 bits per heavy atom. The Hall–Kier alpha value is -3.37. The van der Waals surface area contributed by atoms with Crippen LogP contribution in [0.3, 0.4) is 0 Å². The van der Waals surface area contributed by atoms with Crippen molar-refractivity contribution in [2.45, 2.75) is 11.3 Å². The summed E-state index contributed by atoms with van der Waals surface area (Å²) in [7, 11) is -3.77. The number of esters is 1. The first-order valence-corrected chi connectivity index (χ1v) is 11.8. The molecule has 1 amide bonds. The molecule has 0 atom stereocenters. The molecule has 2 aromatic carbocycles. The van der Waals surface area contributed by atoms with Crippen molar-refractivity contribution in [3.05, 3.63) is 72.2 Å². The van der Waals surface area contributed by atoms with Crippen LogP contribution in [0.25, 0.3) is 10.9 Å². The molecule has 1 saturated heterocycles. The second-order valence-electron chi connectivity index (χ2n) is 7.57. The van der Waals surface area contributed by atoms with Gasteiger partial charge in [-0.15, -0.1) is 0 Å². The lowest BCUT2D eigenvalue weighted by atomic mass is 10.1. The van der Waals surface area contributed by atoms with Gasteiger partial charge in [0.1, 0.15) is 5.82 Å². The molecule has 10 heteroatoms. The minimum absolute atomic E-state index is 0.000493. The SMILES string of the molecule is O=C(Cc1cccc2cccnc12)OCC(=O)N1CCN(S(=O)(=O)c2ccc(F)cc2)CC1. The molecule has 0 aliphatic carbocycles. The molecule has 3 aromatic rings. The Kier molecular flexibility index (Phi) is 6.66. The van der Waals surface area contributed by atoms with Gasteiger partial charge in [0, 0.05) is 37.8 Å². The summed E-state index contributed by atoms with van der Waals surface area (Å²) in [6.45, 7) is 0.123. The van der Waals surface area contributed by atoms with Crippen molar-refractivity contribution in [2.24, 2.45) is 0 Å². The van der Waals surface area contributed by atoms with Crippen LogP contribution in [0.4, 0.5) is 4.39 Å². The van der Waals surface area contributed by atoms with Crippen molar-refractivity contribution in [1.82, 2.24) is 14.2 Å². The largest absolute Gasteiger partial charge is 0.455 e. The van der Waals surface area contributed by atoms with Crippen LogP contribution in [0.1, 0.15) is 5.56 Å². The second-order valence-corrected chi connectivity index (χ2v) is 9.51. The number of pyridine rings is 1. The maximum Gasteiger partial charge on any atom is 0.310 e. The monoisotopic (exact) mass is 471 g/mol. The van der Waals surface area contributed by atoms with Crippen molar-refractivity contribution in [3.63, 3.8) is 0 Å². The number of hydrogen-bond acceptors (Lipinski definition) is 6. The lowest BCUT2D eigenvalue weighted by Gasteiger charge is -2.33. The molecular formula is C23H22FN3O5S. The van der Waals surface area contributed by atoms with Gasteiger partial charge in [-0.05, 0) is 35.9 Å². The number of piperazine rings is 1. The highest BCUT2D eigenvalue weighted by Crippen LogP contribution is 2.19. The highest BCUT2D eigenvalue weighted by Gasteiger charge is 2.30. The standard InChI is InChI=1S/C23H22FN3O5S/c24-19-6-8-20(9-7-19)33(30,31)27-13-11-26(12-14-27)21(28)16-32-22(29)15-18-4-1-3-17-5-2-10-25-23(17)18/h1-10H,11-16H2. The van der Waals surface area contributed by atoms with Crippen molar-refractivity contribution in [2.75, 3.05) is 32.8 Å². The smallest absolute Gasteiger partial charge is 0.310 e. The summed E-state index contributed by atoms with van der Waals surface area (Å²) in [5.74, 6) is -1.45. The van der Waals surface area contributed by atoms with E-state index in [9.17, 15) is 22.4 Å². The molecule has 1 fully saturated rings. The van der Waals surface area contributed by atoms with E-state index in [0.717, 1.165) is 17.5 Å². The number of fused-ring (bicyclic) bond motifs is 1. The number of amides is 1. The number of benzene rings is 2. The quantitative estimate of drug-likeness (QED) is 0.510. The molecule has 1 aliphatic rings. The third-order valence-corrected chi connectivity index (χ3v) is 7.36. The van der Waals surface area contributed by atoms with Crippen LogP contribution in [0.15, 0.2) is 65.7 Å². The number of halogens is 1. The Labute approximate surface area is 190 Å². The van der Waals surface area contributed by atoms with Crippen LogP contribution in [-0.4, -0.2) is 67.3 Å². The van der Waals surface area contributed by atoms with E-state index in [-0.39, 0.29) is 37.5 Å². The van der Waals surface area contributed by atoms with Gasteiger partial charge in [-0.2, -0.15) is 4.31 Å². The zero-order valence-corrected chi connectivity index (χ0v) is 18.5. The number of hydrogen-bond donors (Lipinski definition) is 0. The van der Waals surface area contributed by atoms with Gasteiger partial charge < -0.3 is 9.64 Å². The molecule has 1 aliphatic heterocycles. The molecule has 0 N–H and O–H groups in total. The van der Waals surface area contributed by atoms with E-state index in [2.05, 4.69) is 4.98 Å². The van der Waals surface area contributed by atoms with Gasteiger partial charge in [0.25, 0.3) is 5.91 Å². The summed E-state index contributed by atoms with van der Waals surface area (Å²) in [5.41, 5.74) is 1.42. The maximum atomic E-state index is 13.1. The molecular weight excluding hydrogens is 449 g/mol. The summed E-state index contributed by atoms with van der Waals surface area (Å²) in [4.78, 5) is 30.5. The van der Waals surface area contributed by atoms with E-state index < -0.39 is 34.3 Å². The van der Waals surface area contributed by atoms with E-state index in [4.69, 9.17) is 4.74 Å². The van der Waals surface area contributed by atoms with Crippen molar-refractivity contribution in [3.8, 4) is 0 Å². The van der Waals surface area contributed by atoms with E-state index in [1.165, 1.54) is 21.3 Å². The minimum Gasteiger partial charge on any atom is -0.455 e. The van der Waals surface area contributed by atoms with Crippen molar-refractivity contribution in [1.29, 1.82) is 0 Å². The average molecular weight is 472 g/mol. The fourth-order valence-corrected chi connectivity index (χ4v) is 5.11. The van der Waals surface area contributed by atoms with Gasteiger partial charge in [0.2, 0.25) is 10.0 Å². The number of ether oxygens (including phenoxy) is 1. The molecule has 33 heavy (non-hydrogen) atoms. The summed E-state index contributed by atoms with van der Waals surface area (Å²) in [5, 5.41) is 0.910. The van der Waals surface area contributed by atoms with Gasteiger partial charge >= 0.3 is 5.97 Å². The number of sulfonamides is 1. The first kappa shape index (κ1) is 22.8. The summed E-state index contributed by atoms with van der Waals surface area (Å²) < 4.78 is 44.9. The Balaban J connectivity index is 1.28.